The number of hydrogen-bond donors (Lipinski definition) is 0. The molecule has 0 aliphatic heterocycles. The number of hydrogen-bond acceptors (Lipinski definition) is 3. The average molecular weight is 306 g/mol. The van der Waals surface area contributed by atoms with Gasteiger partial charge >= 0.3 is 5.97 Å². The molecule has 2 aromatic rings. The lowest BCUT2D eigenvalue weighted by molar-refractivity contribution is -0.140. The van der Waals surface area contributed by atoms with E-state index in [1.165, 1.54) is 7.11 Å². The average Bonchev–Trinajstić information content (AvgIpc) is 2.59. The molecular formula is C20H18O3. The number of carbonyl (C=O) groups excluding carboxylic acids is 2. The van der Waals surface area contributed by atoms with Crippen LogP contribution in [0, 0.1) is 11.8 Å². The van der Waals surface area contributed by atoms with Gasteiger partial charge in [0.2, 0.25) is 0 Å². The lowest BCUT2D eigenvalue weighted by atomic mass is 10.1. The number of aryl methyl sites for hydroxylation is 1. The molecule has 0 aliphatic rings. The van der Waals surface area contributed by atoms with E-state index in [-0.39, 0.29) is 11.8 Å². The molecule has 0 amide bonds. The molecular weight excluding hydrogens is 288 g/mol. The third-order valence-corrected chi connectivity index (χ3v) is 3.44. The van der Waals surface area contributed by atoms with Crippen LogP contribution in [0.3, 0.4) is 0 Å². The maximum atomic E-state index is 11.2. The zero-order chi connectivity index (χ0) is 16.7. The summed E-state index contributed by atoms with van der Waals surface area (Å²) in [6, 6.07) is 15.0. The van der Waals surface area contributed by atoms with E-state index in [4.69, 9.17) is 0 Å². The topological polar surface area (TPSA) is 43.4 Å². The fraction of sp³-hybridized carbons (Fsp3) is 0.200. The molecule has 0 heterocycles. The van der Waals surface area contributed by atoms with Gasteiger partial charge in [-0.3, -0.25) is 9.59 Å². The SMILES string of the molecule is COC(=O)CCc1ccc(C#Cc2ccc(C(C)=O)cc2)cc1. The summed E-state index contributed by atoms with van der Waals surface area (Å²) in [5, 5.41) is 0. The van der Waals surface area contributed by atoms with Crippen LogP contribution in [0.1, 0.15) is 40.4 Å². The van der Waals surface area contributed by atoms with Crippen molar-refractivity contribution in [3.63, 3.8) is 0 Å². The summed E-state index contributed by atoms with van der Waals surface area (Å²) in [6.45, 7) is 1.54. The highest BCUT2D eigenvalue weighted by atomic mass is 16.5. The summed E-state index contributed by atoms with van der Waals surface area (Å²) in [5.41, 5.74) is 3.53. The highest BCUT2D eigenvalue weighted by Gasteiger charge is 2.01. The Hall–Kier alpha value is -2.86. The Kier molecular flexibility index (Phi) is 5.71. The molecule has 23 heavy (non-hydrogen) atoms. The third-order valence-electron chi connectivity index (χ3n) is 3.44. The summed E-state index contributed by atoms with van der Waals surface area (Å²) in [4.78, 5) is 22.3. The second-order valence-electron chi connectivity index (χ2n) is 5.16. The highest BCUT2D eigenvalue weighted by molar-refractivity contribution is 5.94. The first-order valence-electron chi connectivity index (χ1n) is 7.37. The van der Waals surface area contributed by atoms with Gasteiger partial charge < -0.3 is 4.74 Å². The number of esters is 1. The number of Topliss-reactive ketones (excluding diaryl/α,β-unsaturated/α-hetero) is 1. The molecule has 0 saturated carbocycles. The van der Waals surface area contributed by atoms with Gasteiger partial charge in [0.1, 0.15) is 0 Å². The summed E-state index contributed by atoms with van der Waals surface area (Å²) < 4.78 is 4.62. The first-order valence-corrected chi connectivity index (χ1v) is 7.37. The Morgan fingerprint density at radius 2 is 1.43 bits per heavy atom. The second-order valence-corrected chi connectivity index (χ2v) is 5.16. The van der Waals surface area contributed by atoms with Gasteiger partial charge in [0, 0.05) is 23.1 Å². The van der Waals surface area contributed by atoms with Crippen molar-refractivity contribution >= 4 is 11.8 Å². The molecule has 2 rings (SSSR count). The van der Waals surface area contributed by atoms with Crippen LogP contribution < -0.4 is 0 Å². The zero-order valence-corrected chi connectivity index (χ0v) is 13.3. The molecule has 0 N–H and O–H groups in total. The molecule has 116 valence electrons. The van der Waals surface area contributed by atoms with Gasteiger partial charge in [0.05, 0.1) is 7.11 Å². The van der Waals surface area contributed by atoms with Crippen LogP contribution in [0.15, 0.2) is 48.5 Å². The van der Waals surface area contributed by atoms with Gasteiger partial charge in [-0.15, -0.1) is 0 Å². The van der Waals surface area contributed by atoms with Crippen molar-refractivity contribution in [3.8, 4) is 11.8 Å². The van der Waals surface area contributed by atoms with Crippen LogP contribution in [-0.2, 0) is 16.0 Å². The van der Waals surface area contributed by atoms with E-state index < -0.39 is 0 Å². The summed E-state index contributed by atoms with van der Waals surface area (Å²) in [6.07, 6.45) is 1.04. The van der Waals surface area contributed by atoms with Crippen molar-refractivity contribution in [2.75, 3.05) is 7.11 Å². The van der Waals surface area contributed by atoms with E-state index in [0.29, 0.717) is 18.4 Å². The molecule has 3 heteroatoms. The minimum absolute atomic E-state index is 0.0482. The molecule has 0 radical (unpaired) electrons. The summed E-state index contributed by atoms with van der Waals surface area (Å²) in [7, 11) is 1.39. The minimum Gasteiger partial charge on any atom is -0.469 e. The quantitative estimate of drug-likeness (QED) is 0.494. The molecule has 0 saturated heterocycles. The van der Waals surface area contributed by atoms with E-state index in [1.54, 1.807) is 19.1 Å². The maximum Gasteiger partial charge on any atom is 0.305 e. The second kappa shape index (κ2) is 7.95. The van der Waals surface area contributed by atoms with Gasteiger partial charge in [0.25, 0.3) is 0 Å². The number of ether oxygens (including phenoxy) is 1. The molecule has 3 nitrogen and oxygen atoms in total. The Labute approximate surface area is 136 Å². The molecule has 2 aromatic carbocycles. The monoisotopic (exact) mass is 306 g/mol. The van der Waals surface area contributed by atoms with Crippen molar-refractivity contribution in [1.82, 2.24) is 0 Å². The predicted octanol–water partition coefficient (Wildman–Crippen LogP) is 3.39. The predicted molar refractivity (Wildman–Crippen MR) is 89.2 cm³/mol. The molecule has 0 unspecified atom stereocenters. The molecule has 0 bridgehead atoms. The van der Waals surface area contributed by atoms with Gasteiger partial charge in [0.15, 0.2) is 5.78 Å². The van der Waals surface area contributed by atoms with E-state index in [2.05, 4.69) is 16.6 Å². The van der Waals surface area contributed by atoms with Crippen LogP contribution in [-0.4, -0.2) is 18.9 Å². The number of carbonyl (C=O) groups is 2. The van der Waals surface area contributed by atoms with Crippen LogP contribution in [0.5, 0.6) is 0 Å². The third kappa shape index (κ3) is 5.12. The highest BCUT2D eigenvalue weighted by Crippen LogP contribution is 2.08. The van der Waals surface area contributed by atoms with Crippen molar-refractivity contribution in [1.29, 1.82) is 0 Å². The van der Waals surface area contributed by atoms with Gasteiger partial charge in [-0.2, -0.15) is 0 Å². The molecule has 0 aromatic heterocycles. The first-order chi connectivity index (χ1) is 11.1. The van der Waals surface area contributed by atoms with Gasteiger partial charge in [-0.05, 0) is 43.2 Å². The van der Waals surface area contributed by atoms with Crippen LogP contribution >= 0.6 is 0 Å². The molecule has 0 aliphatic carbocycles. The van der Waals surface area contributed by atoms with Crippen molar-refractivity contribution < 1.29 is 14.3 Å². The molecule has 0 spiro atoms. The van der Waals surface area contributed by atoms with Crippen molar-refractivity contribution in [2.24, 2.45) is 0 Å². The fourth-order valence-corrected chi connectivity index (χ4v) is 2.04. The standard InChI is InChI=1S/C20H18O3/c1-15(21)19-12-9-18(10-13-19)8-5-16-3-6-17(7-4-16)11-14-20(22)23-2/h3-4,6-7,9-10,12-13H,11,14H2,1-2H3. The van der Waals surface area contributed by atoms with Crippen LogP contribution in [0.4, 0.5) is 0 Å². The van der Waals surface area contributed by atoms with Crippen molar-refractivity contribution in [3.05, 3.63) is 70.8 Å². The zero-order valence-electron chi connectivity index (χ0n) is 13.3. The lowest BCUT2D eigenvalue weighted by Gasteiger charge is -2.00. The lowest BCUT2D eigenvalue weighted by Crippen LogP contribution is -2.01. The largest absolute Gasteiger partial charge is 0.469 e. The van der Waals surface area contributed by atoms with Gasteiger partial charge in [-0.1, -0.05) is 36.1 Å². The Morgan fingerprint density at radius 3 is 1.91 bits per heavy atom. The van der Waals surface area contributed by atoms with Crippen LogP contribution in [0.25, 0.3) is 0 Å². The Bertz CT molecular complexity index is 744. The van der Waals surface area contributed by atoms with Crippen LogP contribution in [0.2, 0.25) is 0 Å². The molecule has 0 fully saturated rings. The van der Waals surface area contributed by atoms with Gasteiger partial charge in [-0.25, -0.2) is 0 Å². The number of methoxy groups -OCH3 is 1. The smallest absolute Gasteiger partial charge is 0.305 e. The Balaban J connectivity index is 2.01. The fourth-order valence-electron chi connectivity index (χ4n) is 2.04. The Morgan fingerprint density at radius 1 is 0.913 bits per heavy atom. The minimum atomic E-state index is -0.206. The maximum absolute atomic E-state index is 11.2. The number of ketones is 1. The first kappa shape index (κ1) is 16.5. The van der Waals surface area contributed by atoms with Crippen molar-refractivity contribution in [2.45, 2.75) is 19.8 Å². The van der Waals surface area contributed by atoms with E-state index >= 15 is 0 Å². The number of rotatable bonds is 4. The normalized spacial score (nSPS) is 9.65. The van der Waals surface area contributed by atoms with E-state index in [1.807, 2.05) is 36.4 Å². The van der Waals surface area contributed by atoms with E-state index in [0.717, 1.165) is 16.7 Å². The van der Waals surface area contributed by atoms with E-state index in [9.17, 15) is 9.59 Å². The number of benzene rings is 2. The summed E-state index contributed by atoms with van der Waals surface area (Å²) in [5.74, 6) is 6.00. The molecule has 0 atom stereocenters. The summed E-state index contributed by atoms with van der Waals surface area (Å²) >= 11 is 0.